The van der Waals surface area contributed by atoms with Gasteiger partial charge in [0.1, 0.15) is 0 Å². The Bertz CT molecular complexity index is 4250. The van der Waals surface area contributed by atoms with Gasteiger partial charge in [-0.2, -0.15) is 0 Å². The van der Waals surface area contributed by atoms with Crippen molar-refractivity contribution in [2.24, 2.45) is 0 Å². The van der Waals surface area contributed by atoms with Gasteiger partial charge in [-0.25, -0.2) is 0 Å². The highest BCUT2D eigenvalue weighted by atomic mass is 15.2. The van der Waals surface area contributed by atoms with Crippen LogP contribution in [0.2, 0.25) is 0 Å². The van der Waals surface area contributed by atoms with E-state index in [2.05, 4.69) is 286 Å². The van der Waals surface area contributed by atoms with Crippen LogP contribution in [-0.4, -0.2) is 13.7 Å². The molecule has 0 atom stereocenters. The molecule has 0 bridgehead atoms. The molecule has 0 N–H and O–H groups in total. The number of benzene rings is 10. The number of fused-ring (bicyclic) bond motifs is 9. The summed E-state index contributed by atoms with van der Waals surface area (Å²) in [6.45, 7) is 4.32. The van der Waals surface area contributed by atoms with Crippen LogP contribution in [0.1, 0.15) is 28.8 Å². The van der Waals surface area contributed by atoms with Crippen molar-refractivity contribution in [2.75, 3.05) is 9.80 Å². The molecule has 0 spiro atoms. The fraction of sp³-hybridized carbons (Fsp3) is 0.0588. The highest BCUT2D eigenvalue weighted by molar-refractivity contribution is 6.13. The normalized spacial score (nSPS) is 12.4. The van der Waals surface area contributed by atoms with Crippen LogP contribution >= 0.6 is 0 Å². The molecule has 1 aliphatic rings. The number of hydrogen-bond acceptors (Lipinski definition) is 2. The molecule has 0 amide bonds. The zero-order valence-electron chi connectivity index (χ0n) is 40.8. The van der Waals surface area contributed by atoms with Gasteiger partial charge in [-0.15, -0.1) is 0 Å². The molecule has 10 aromatic carbocycles. The number of aryl methyl sites for hydroxylation is 2. The van der Waals surface area contributed by atoms with Crippen LogP contribution < -0.4 is 9.80 Å². The van der Waals surface area contributed by atoms with E-state index in [0.29, 0.717) is 0 Å². The maximum absolute atomic E-state index is 2.47. The van der Waals surface area contributed by atoms with Crippen molar-refractivity contribution in [1.29, 1.82) is 0 Å². The first-order chi connectivity index (χ1) is 36.0. The minimum atomic E-state index is 1.01. The van der Waals surface area contributed by atoms with E-state index in [0.717, 1.165) is 69.4 Å². The SMILES string of the molecule is Cc1ccc(N(c2ccc3c(c2)c2c(n3-c3ccccc3)CCC=C2)c2ccc3c(c2)c2cc(N(c4ccc(C)cc4)c4ccc5c(c4)c4ccccc4n5-c4ccccc4)ccc2n3-c2ccccc2)cc1. The first kappa shape index (κ1) is 42.5. The predicted octanol–water partition coefficient (Wildman–Crippen LogP) is 18.3. The van der Waals surface area contributed by atoms with E-state index < -0.39 is 0 Å². The summed E-state index contributed by atoms with van der Waals surface area (Å²) in [5, 5.41) is 6.05. The lowest BCUT2D eigenvalue weighted by molar-refractivity contribution is 0.888. The molecular formula is C68H51N5. The molecule has 5 heteroatoms. The summed E-state index contributed by atoms with van der Waals surface area (Å²) in [7, 11) is 0. The van der Waals surface area contributed by atoms with Gasteiger partial charge in [-0.3, -0.25) is 0 Å². The molecule has 0 radical (unpaired) electrons. The van der Waals surface area contributed by atoms with Gasteiger partial charge in [-0.1, -0.05) is 120 Å². The summed E-state index contributed by atoms with van der Waals surface area (Å²) in [6, 6.07) is 87.0. The van der Waals surface area contributed by atoms with E-state index in [4.69, 9.17) is 0 Å². The number of rotatable bonds is 9. The van der Waals surface area contributed by atoms with Crippen LogP contribution in [0.3, 0.4) is 0 Å². The van der Waals surface area contributed by atoms with Gasteiger partial charge < -0.3 is 23.5 Å². The van der Waals surface area contributed by atoms with Crippen molar-refractivity contribution >= 4 is 94.7 Å². The Balaban J connectivity index is 0.981. The Morgan fingerprint density at radius 1 is 0.315 bits per heavy atom. The molecule has 13 aromatic rings. The maximum atomic E-state index is 2.47. The van der Waals surface area contributed by atoms with E-state index in [1.54, 1.807) is 0 Å². The summed E-state index contributed by atoms with van der Waals surface area (Å²) in [4.78, 5) is 4.86. The van der Waals surface area contributed by atoms with Gasteiger partial charge in [0.2, 0.25) is 0 Å². The van der Waals surface area contributed by atoms with Crippen molar-refractivity contribution in [3.8, 4) is 17.1 Å². The lowest BCUT2D eigenvalue weighted by atomic mass is 10.0. The molecule has 0 aliphatic heterocycles. The summed E-state index contributed by atoms with van der Waals surface area (Å²) in [5.41, 5.74) is 21.1. The highest BCUT2D eigenvalue weighted by Gasteiger charge is 2.24. The van der Waals surface area contributed by atoms with E-state index in [9.17, 15) is 0 Å². The van der Waals surface area contributed by atoms with Crippen LogP contribution in [0, 0.1) is 13.8 Å². The minimum Gasteiger partial charge on any atom is -0.313 e. The molecule has 0 fully saturated rings. The molecule has 14 rings (SSSR count). The molecule has 3 aromatic heterocycles. The fourth-order valence-electron chi connectivity index (χ4n) is 11.6. The lowest BCUT2D eigenvalue weighted by Gasteiger charge is -2.26. The standard InChI is InChI=1S/C68H51N5/c1-46-26-30-51(31-27-46)69(53-34-38-65-59(42-53)57-22-12-14-24-63(57)71(65)48-16-6-3-7-17-48)55-36-40-67-61(44-55)62-45-56(37-41-68(62)73(67)50-20-10-5-11-21-50)70(52-32-28-47(2)29-33-52)54-35-39-66-60(43-54)58-23-13-15-25-64(58)72(66)49-18-8-4-9-19-49/h3-14,16-24,26-45H,15,25H2,1-2H3. The van der Waals surface area contributed by atoms with Crippen molar-refractivity contribution < 1.29 is 0 Å². The third kappa shape index (κ3) is 7.07. The van der Waals surface area contributed by atoms with Crippen LogP contribution in [0.25, 0.3) is 77.7 Å². The molecule has 3 heterocycles. The molecule has 0 unspecified atom stereocenters. The molecule has 348 valence electrons. The molecule has 1 aliphatic carbocycles. The second kappa shape index (κ2) is 17.2. The van der Waals surface area contributed by atoms with Gasteiger partial charge in [0.25, 0.3) is 0 Å². The van der Waals surface area contributed by atoms with Crippen LogP contribution in [0.4, 0.5) is 34.1 Å². The van der Waals surface area contributed by atoms with Crippen molar-refractivity contribution in [3.05, 3.63) is 265 Å². The topological polar surface area (TPSA) is 21.3 Å². The Labute approximate surface area is 425 Å². The third-order valence-electron chi connectivity index (χ3n) is 15.0. The number of anilines is 6. The largest absolute Gasteiger partial charge is 0.313 e. The van der Waals surface area contributed by atoms with Crippen molar-refractivity contribution in [2.45, 2.75) is 26.7 Å². The molecule has 5 nitrogen and oxygen atoms in total. The molecule has 0 saturated carbocycles. The Morgan fingerprint density at radius 3 is 1.14 bits per heavy atom. The monoisotopic (exact) mass is 937 g/mol. The second-order valence-corrected chi connectivity index (χ2v) is 19.5. The van der Waals surface area contributed by atoms with E-state index in [1.807, 2.05) is 0 Å². The third-order valence-corrected chi connectivity index (χ3v) is 15.0. The summed E-state index contributed by atoms with van der Waals surface area (Å²) < 4.78 is 7.28. The van der Waals surface area contributed by atoms with Crippen molar-refractivity contribution in [3.63, 3.8) is 0 Å². The summed E-state index contributed by atoms with van der Waals surface area (Å²) >= 11 is 0. The number of nitrogens with zero attached hydrogens (tertiary/aromatic N) is 5. The maximum Gasteiger partial charge on any atom is 0.0542 e. The fourth-order valence-corrected chi connectivity index (χ4v) is 11.6. The average molecular weight is 938 g/mol. The zero-order chi connectivity index (χ0) is 48.6. The van der Waals surface area contributed by atoms with Crippen molar-refractivity contribution in [1.82, 2.24) is 13.7 Å². The van der Waals surface area contributed by atoms with E-state index in [-0.39, 0.29) is 0 Å². The molecular weight excluding hydrogens is 887 g/mol. The van der Waals surface area contributed by atoms with Gasteiger partial charge in [0, 0.05) is 89.4 Å². The lowest BCUT2D eigenvalue weighted by Crippen LogP contribution is -2.10. The van der Waals surface area contributed by atoms with E-state index in [1.165, 1.54) is 71.6 Å². The summed E-state index contributed by atoms with van der Waals surface area (Å²) in [5.74, 6) is 0. The second-order valence-electron chi connectivity index (χ2n) is 19.5. The van der Waals surface area contributed by atoms with Gasteiger partial charge in [0.05, 0.1) is 27.6 Å². The zero-order valence-corrected chi connectivity index (χ0v) is 40.8. The molecule has 73 heavy (non-hydrogen) atoms. The number of aromatic nitrogens is 3. The average Bonchev–Trinajstić information content (AvgIpc) is 4.08. The Hall–Kier alpha value is -9.32. The smallest absolute Gasteiger partial charge is 0.0542 e. The van der Waals surface area contributed by atoms with Crippen LogP contribution in [-0.2, 0) is 6.42 Å². The van der Waals surface area contributed by atoms with Crippen LogP contribution in [0.15, 0.2) is 243 Å². The molecule has 0 saturated heterocycles. The number of para-hydroxylation sites is 4. The van der Waals surface area contributed by atoms with Gasteiger partial charge in [0.15, 0.2) is 0 Å². The summed E-state index contributed by atoms with van der Waals surface area (Å²) in [6.07, 6.45) is 6.71. The number of hydrogen-bond donors (Lipinski definition) is 0. The Morgan fingerprint density at radius 2 is 0.671 bits per heavy atom. The quantitative estimate of drug-likeness (QED) is 0.144. The Kier molecular flexibility index (Phi) is 10.0. The van der Waals surface area contributed by atoms with Gasteiger partial charge >= 0.3 is 0 Å². The number of allylic oxidation sites excluding steroid dienone is 1. The van der Waals surface area contributed by atoms with E-state index >= 15 is 0 Å². The minimum absolute atomic E-state index is 1.01. The highest BCUT2D eigenvalue weighted by Crippen LogP contribution is 2.46. The first-order valence-electron chi connectivity index (χ1n) is 25.4. The van der Waals surface area contributed by atoms with Gasteiger partial charge in [-0.05, 0) is 166 Å². The predicted molar refractivity (Wildman–Crippen MR) is 308 cm³/mol. The first-order valence-corrected chi connectivity index (χ1v) is 25.4. The van der Waals surface area contributed by atoms with Crippen LogP contribution in [0.5, 0.6) is 0 Å².